The number of halogens is 4. The zero-order valence-electron chi connectivity index (χ0n) is 20.2. The highest BCUT2D eigenvalue weighted by Crippen LogP contribution is 2.34. The Morgan fingerprint density at radius 2 is 1.95 bits per heavy atom. The fourth-order valence-corrected chi connectivity index (χ4v) is 4.13. The number of carbonyl (C=O) groups excluding carboxylic acids is 1. The van der Waals surface area contributed by atoms with E-state index < -0.39 is 30.7 Å². The first-order valence-corrected chi connectivity index (χ1v) is 11.8. The summed E-state index contributed by atoms with van der Waals surface area (Å²) in [5.41, 5.74) is 1.58. The van der Waals surface area contributed by atoms with E-state index in [1.807, 2.05) is 4.90 Å². The molecule has 9 nitrogen and oxygen atoms in total. The monoisotopic (exact) mass is 528 g/mol. The summed E-state index contributed by atoms with van der Waals surface area (Å²) in [6, 6.07) is 5.26. The number of urea groups is 1. The van der Waals surface area contributed by atoms with Gasteiger partial charge in [-0.25, -0.2) is 9.18 Å². The number of aromatic nitrogens is 1. The predicted octanol–water partition coefficient (Wildman–Crippen LogP) is 3.20. The summed E-state index contributed by atoms with van der Waals surface area (Å²) in [6.07, 6.45) is -6.71. The van der Waals surface area contributed by atoms with E-state index >= 15 is 0 Å². The molecule has 0 bridgehead atoms. The number of hydrogen-bond donors (Lipinski definition) is 2. The second-order valence-corrected chi connectivity index (χ2v) is 8.65. The van der Waals surface area contributed by atoms with Crippen molar-refractivity contribution in [1.82, 2.24) is 9.88 Å². The topological polar surface area (TPSA) is 96.4 Å². The van der Waals surface area contributed by atoms with Gasteiger partial charge in [0.2, 0.25) is 5.88 Å². The maximum Gasteiger partial charge on any atom is 0.416 e. The Kier molecular flexibility index (Phi) is 8.35. The number of aliphatic hydroxyl groups excluding tert-OH is 1. The Hall–Kier alpha value is -3.16. The molecule has 0 spiro atoms. The Balaban J connectivity index is 1.62. The number of pyridine rings is 1. The van der Waals surface area contributed by atoms with Crippen molar-refractivity contribution in [2.75, 3.05) is 69.4 Å². The minimum atomic E-state index is -4.61. The van der Waals surface area contributed by atoms with Crippen LogP contribution in [-0.2, 0) is 9.47 Å². The SMILES string of the molecule is Cc1cc(F)c(NC(=O)N2CCOC(C(F)(F)F)C2)cc1-c1cc(OCCO)nc(N2CCOCC2)c1. The summed E-state index contributed by atoms with van der Waals surface area (Å²) < 4.78 is 69.7. The van der Waals surface area contributed by atoms with Gasteiger partial charge in [-0.3, -0.25) is 0 Å². The molecule has 2 aliphatic rings. The van der Waals surface area contributed by atoms with Crippen molar-refractivity contribution in [1.29, 1.82) is 0 Å². The van der Waals surface area contributed by atoms with Crippen LogP contribution in [-0.4, -0.2) is 92.5 Å². The lowest BCUT2D eigenvalue weighted by atomic mass is 10.00. The zero-order chi connectivity index (χ0) is 26.6. The average molecular weight is 529 g/mol. The van der Waals surface area contributed by atoms with Crippen LogP contribution in [0.15, 0.2) is 24.3 Å². The van der Waals surface area contributed by atoms with E-state index in [9.17, 15) is 22.4 Å². The number of aliphatic hydroxyl groups is 1. The molecule has 37 heavy (non-hydrogen) atoms. The third-order valence-electron chi connectivity index (χ3n) is 6.05. The lowest BCUT2D eigenvalue weighted by Gasteiger charge is -2.33. The molecular formula is C24H28F4N4O5. The number of nitrogens with one attached hydrogen (secondary N) is 1. The van der Waals surface area contributed by atoms with Gasteiger partial charge in [0, 0.05) is 25.7 Å². The van der Waals surface area contributed by atoms with Gasteiger partial charge in [-0.1, -0.05) is 0 Å². The van der Waals surface area contributed by atoms with Crippen molar-refractivity contribution in [3.63, 3.8) is 0 Å². The quantitative estimate of drug-likeness (QED) is 0.556. The second-order valence-electron chi connectivity index (χ2n) is 8.65. The highest BCUT2D eigenvalue weighted by molar-refractivity contribution is 5.91. The molecule has 0 aliphatic carbocycles. The van der Waals surface area contributed by atoms with Gasteiger partial charge in [0.25, 0.3) is 0 Å². The van der Waals surface area contributed by atoms with Crippen LogP contribution in [0.1, 0.15) is 5.56 Å². The van der Waals surface area contributed by atoms with Gasteiger partial charge in [0.1, 0.15) is 18.2 Å². The molecule has 3 heterocycles. The van der Waals surface area contributed by atoms with Crippen LogP contribution in [0.3, 0.4) is 0 Å². The molecule has 1 aromatic heterocycles. The van der Waals surface area contributed by atoms with E-state index in [1.165, 1.54) is 12.1 Å². The molecule has 4 rings (SSSR count). The molecule has 2 amide bonds. The Morgan fingerprint density at radius 1 is 1.19 bits per heavy atom. The van der Waals surface area contributed by atoms with Crippen LogP contribution < -0.4 is 15.0 Å². The van der Waals surface area contributed by atoms with Crippen molar-refractivity contribution in [3.05, 3.63) is 35.6 Å². The maximum atomic E-state index is 14.8. The van der Waals surface area contributed by atoms with Crippen molar-refractivity contribution in [3.8, 4) is 17.0 Å². The minimum absolute atomic E-state index is 0.0289. The number of nitrogens with zero attached hydrogens (tertiary/aromatic N) is 3. The fraction of sp³-hybridized carbons (Fsp3) is 0.500. The lowest BCUT2D eigenvalue weighted by Crippen LogP contribution is -2.52. The number of carbonyl (C=O) groups is 1. The minimum Gasteiger partial charge on any atom is -0.475 e. The Bertz CT molecular complexity index is 1110. The summed E-state index contributed by atoms with van der Waals surface area (Å²) in [6.45, 7) is 2.77. The zero-order valence-corrected chi connectivity index (χ0v) is 20.2. The molecule has 2 aliphatic heterocycles. The maximum absolute atomic E-state index is 14.8. The first-order valence-electron chi connectivity index (χ1n) is 11.8. The molecule has 13 heteroatoms. The average Bonchev–Trinajstić information content (AvgIpc) is 2.89. The summed E-state index contributed by atoms with van der Waals surface area (Å²) in [7, 11) is 0. The number of morpholine rings is 2. The number of anilines is 2. The number of ether oxygens (including phenoxy) is 3. The highest BCUT2D eigenvalue weighted by Gasteiger charge is 2.44. The first-order chi connectivity index (χ1) is 17.7. The van der Waals surface area contributed by atoms with Crippen LogP contribution in [0, 0.1) is 12.7 Å². The number of amides is 2. The number of rotatable bonds is 6. The van der Waals surface area contributed by atoms with Crippen LogP contribution in [0.5, 0.6) is 5.88 Å². The fourth-order valence-electron chi connectivity index (χ4n) is 4.13. The predicted molar refractivity (Wildman–Crippen MR) is 126 cm³/mol. The first kappa shape index (κ1) is 26.9. The van der Waals surface area contributed by atoms with Gasteiger partial charge in [-0.2, -0.15) is 18.2 Å². The van der Waals surface area contributed by atoms with Gasteiger partial charge in [0.15, 0.2) is 6.10 Å². The molecule has 2 aromatic rings. The van der Waals surface area contributed by atoms with Gasteiger partial charge >= 0.3 is 12.2 Å². The summed E-state index contributed by atoms with van der Waals surface area (Å²) in [4.78, 5) is 20.2. The Morgan fingerprint density at radius 3 is 2.65 bits per heavy atom. The second kappa shape index (κ2) is 11.5. The van der Waals surface area contributed by atoms with Crippen molar-refractivity contribution in [2.45, 2.75) is 19.2 Å². The number of benzene rings is 1. The molecular weight excluding hydrogens is 500 g/mol. The molecule has 0 saturated carbocycles. The van der Waals surface area contributed by atoms with Crippen molar-refractivity contribution < 1.29 is 41.7 Å². The highest BCUT2D eigenvalue weighted by atomic mass is 19.4. The molecule has 202 valence electrons. The summed E-state index contributed by atoms with van der Waals surface area (Å²) >= 11 is 0. The molecule has 2 fully saturated rings. The van der Waals surface area contributed by atoms with Crippen LogP contribution in [0.2, 0.25) is 0 Å². The van der Waals surface area contributed by atoms with Gasteiger partial charge < -0.3 is 34.4 Å². The van der Waals surface area contributed by atoms with Gasteiger partial charge in [-0.05, 0) is 41.8 Å². The van der Waals surface area contributed by atoms with Crippen LogP contribution in [0.25, 0.3) is 11.1 Å². The molecule has 1 unspecified atom stereocenters. The van der Waals surface area contributed by atoms with E-state index in [0.29, 0.717) is 48.8 Å². The van der Waals surface area contributed by atoms with E-state index in [1.54, 1.807) is 19.1 Å². The van der Waals surface area contributed by atoms with Crippen molar-refractivity contribution in [2.24, 2.45) is 0 Å². The van der Waals surface area contributed by atoms with E-state index in [0.717, 1.165) is 4.90 Å². The largest absolute Gasteiger partial charge is 0.475 e. The smallest absolute Gasteiger partial charge is 0.416 e. The number of alkyl halides is 3. The normalized spacial score (nSPS) is 18.6. The third-order valence-corrected chi connectivity index (χ3v) is 6.05. The number of aryl methyl sites for hydroxylation is 1. The molecule has 2 saturated heterocycles. The van der Waals surface area contributed by atoms with Crippen molar-refractivity contribution >= 4 is 17.5 Å². The van der Waals surface area contributed by atoms with E-state index in [4.69, 9.17) is 19.3 Å². The summed E-state index contributed by atoms with van der Waals surface area (Å²) in [5, 5.41) is 11.6. The van der Waals surface area contributed by atoms with E-state index in [2.05, 4.69) is 10.3 Å². The third kappa shape index (κ3) is 6.59. The standard InChI is InChI=1S/C24H28F4N4O5/c1-15-10-18(25)19(29-23(34)32-4-8-36-20(14-32)24(26,27)28)13-17(15)16-11-21(31-2-6-35-7-3-31)30-22(12-16)37-9-5-33/h10-13,20,33H,2-9,14H2,1H3,(H,29,34). The van der Waals surface area contributed by atoms with Crippen LogP contribution in [0.4, 0.5) is 33.9 Å². The van der Waals surface area contributed by atoms with Gasteiger partial charge in [0.05, 0.1) is 38.7 Å². The molecule has 2 N–H and O–H groups in total. The van der Waals surface area contributed by atoms with Crippen LogP contribution >= 0.6 is 0 Å². The number of hydrogen-bond acceptors (Lipinski definition) is 7. The summed E-state index contributed by atoms with van der Waals surface area (Å²) in [5.74, 6) is 0.137. The van der Waals surface area contributed by atoms with E-state index in [-0.39, 0.29) is 37.9 Å². The molecule has 1 atom stereocenters. The van der Waals surface area contributed by atoms with Gasteiger partial charge in [-0.15, -0.1) is 0 Å². The lowest BCUT2D eigenvalue weighted by molar-refractivity contribution is -0.233. The molecule has 0 radical (unpaired) electrons. The molecule has 1 aromatic carbocycles. The Labute approximate surface area is 210 Å².